The molecule has 0 atom stereocenters. The number of hydrogen-bond acceptors (Lipinski definition) is 3. The lowest BCUT2D eigenvalue weighted by molar-refractivity contribution is 0.0699. The molecule has 0 fully saturated rings. The number of hydrogen-bond donors (Lipinski definition) is 3. The molecule has 13 heavy (non-hydrogen) atoms. The van der Waals surface area contributed by atoms with Crippen molar-refractivity contribution in [2.45, 2.75) is 0 Å². The molecule has 0 aliphatic carbocycles. The van der Waals surface area contributed by atoms with E-state index in [0.29, 0.717) is 5.56 Å². The van der Waals surface area contributed by atoms with Gasteiger partial charge in [-0.05, 0) is 17.7 Å². The summed E-state index contributed by atoms with van der Waals surface area (Å²) in [5, 5.41) is 8.72. The number of carboxylic acids is 1. The molecule has 0 radical (unpaired) electrons. The minimum atomic E-state index is -1.12. The molecule has 0 aliphatic heterocycles. The summed E-state index contributed by atoms with van der Waals surface area (Å²) >= 11 is 0. The minimum absolute atomic E-state index is 0.0504. The third-order valence-electron chi connectivity index (χ3n) is 1.67. The molecule has 0 amide bonds. The van der Waals surface area contributed by atoms with Gasteiger partial charge < -0.3 is 16.6 Å². The van der Waals surface area contributed by atoms with Gasteiger partial charge in [0.25, 0.3) is 0 Å². The summed E-state index contributed by atoms with van der Waals surface area (Å²) in [7, 11) is 0. The maximum atomic E-state index is 10.7. The molecule has 0 unspecified atom stereocenters. The predicted octanol–water partition coefficient (Wildman–Crippen LogP) is 1.19. The average molecular weight is 178 g/mol. The van der Waals surface area contributed by atoms with E-state index >= 15 is 0 Å². The molecule has 1 rings (SSSR count). The van der Waals surface area contributed by atoms with Crippen molar-refractivity contribution >= 4 is 23.4 Å². The Bertz CT molecular complexity index is 349. The highest BCUT2D eigenvalue weighted by Gasteiger charge is 2.12. The zero-order valence-electron chi connectivity index (χ0n) is 6.95. The molecule has 5 N–H and O–H groups in total. The Morgan fingerprint density at radius 3 is 2.15 bits per heavy atom. The Morgan fingerprint density at radius 2 is 1.85 bits per heavy atom. The predicted molar refractivity (Wildman–Crippen MR) is 52.3 cm³/mol. The van der Waals surface area contributed by atoms with E-state index in [9.17, 15) is 4.79 Å². The number of nitrogen functional groups attached to an aromatic ring is 2. The third-order valence-corrected chi connectivity index (χ3v) is 1.67. The van der Waals surface area contributed by atoms with Gasteiger partial charge in [-0.1, -0.05) is 12.7 Å². The molecular weight excluding hydrogens is 168 g/mol. The summed E-state index contributed by atoms with van der Waals surface area (Å²) in [4.78, 5) is 10.7. The topological polar surface area (TPSA) is 89.3 Å². The number of anilines is 2. The Kier molecular flexibility index (Phi) is 2.23. The van der Waals surface area contributed by atoms with E-state index in [-0.39, 0.29) is 16.9 Å². The number of carboxylic acid groups (broad SMARTS) is 1. The van der Waals surface area contributed by atoms with Gasteiger partial charge in [0.1, 0.15) is 5.56 Å². The van der Waals surface area contributed by atoms with Crippen molar-refractivity contribution in [2.24, 2.45) is 0 Å². The van der Waals surface area contributed by atoms with Crippen molar-refractivity contribution in [1.82, 2.24) is 0 Å². The Balaban J connectivity index is 3.39. The van der Waals surface area contributed by atoms with Crippen LogP contribution in [-0.4, -0.2) is 11.1 Å². The van der Waals surface area contributed by atoms with Crippen molar-refractivity contribution in [3.8, 4) is 0 Å². The Hall–Kier alpha value is -1.97. The maximum absolute atomic E-state index is 10.7. The van der Waals surface area contributed by atoms with Gasteiger partial charge in [0, 0.05) is 11.4 Å². The first kappa shape index (κ1) is 9.12. The average Bonchev–Trinajstić information content (AvgIpc) is 2.02. The number of carbonyl (C=O) groups is 1. The molecule has 0 spiro atoms. The van der Waals surface area contributed by atoms with Crippen LogP contribution in [0.5, 0.6) is 0 Å². The molecule has 0 bridgehead atoms. The lowest BCUT2D eigenvalue weighted by Crippen LogP contribution is -2.07. The van der Waals surface area contributed by atoms with E-state index in [1.165, 1.54) is 12.1 Å². The first-order chi connectivity index (χ1) is 6.06. The van der Waals surface area contributed by atoms with Gasteiger partial charge in [0.15, 0.2) is 0 Å². The number of benzene rings is 1. The van der Waals surface area contributed by atoms with E-state index in [0.717, 1.165) is 0 Å². The summed E-state index contributed by atoms with van der Waals surface area (Å²) in [6.07, 6.45) is 1.55. The first-order valence-corrected chi connectivity index (χ1v) is 3.61. The summed E-state index contributed by atoms with van der Waals surface area (Å²) in [6.45, 7) is 3.53. The smallest absolute Gasteiger partial charge is 0.339 e. The second-order valence-electron chi connectivity index (χ2n) is 2.58. The Morgan fingerprint density at radius 1 is 1.38 bits per heavy atom. The second-order valence-corrected chi connectivity index (χ2v) is 2.58. The lowest BCUT2D eigenvalue weighted by Gasteiger charge is -2.05. The minimum Gasteiger partial charge on any atom is -0.478 e. The van der Waals surface area contributed by atoms with Crippen LogP contribution in [0.3, 0.4) is 0 Å². The van der Waals surface area contributed by atoms with E-state index in [2.05, 4.69) is 6.58 Å². The van der Waals surface area contributed by atoms with Crippen LogP contribution >= 0.6 is 0 Å². The summed E-state index contributed by atoms with van der Waals surface area (Å²) in [6, 6.07) is 3.04. The van der Waals surface area contributed by atoms with Crippen LogP contribution in [0.4, 0.5) is 11.4 Å². The van der Waals surface area contributed by atoms with Crippen molar-refractivity contribution in [1.29, 1.82) is 0 Å². The normalized spacial score (nSPS) is 9.54. The molecule has 0 saturated carbocycles. The third kappa shape index (κ3) is 1.61. The van der Waals surface area contributed by atoms with Crippen molar-refractivity contribution < 1.29 is 9.90 Å². The van der Waals surface area contributed by atoms with Crippen LogP contribution in [0.1, 0.15) is 15.9 Å². The van der Waals surface area contributed by atoms with E-state index in [1.54, 1.807) is 6.08 Å². The van der Waals surface area contributed by atoms with E-state index < -0.39 is 5.97 Å². The summed E-state index contributed by atoms with van der Waals surface area (Å²) in [5.74, 6) is -1.12. The fourth-order valence-electron chi connectivity index (χ4n) is 1.08. The molecular formula is C9H10N2O2. The van der Waals surface area contributed by atoms with Crippen molar-refractivity contribution in [3.05, 3.63) is 29.8 Å². The van der Waals surface area contributed by atoms with E-state index in [4.69, 9.17) is 16.6 Å². The lowest BCUT2D eigenvalue weighted by atomic mass is 10.1. The van der Waals surface area contributed by atoms with Crippen LogP contribution in [0.25, 0.3) is 6.08 Å². The highest BCUT2D eigenvalue weighted by atomic mass is 16.4. The maximum Gasteiger partial charge on any atom is 0.339 e. The standard InChI is InChI=1S/C9H10N2O2/c1-2-5-3-6(10)8(9(12)13)7(11)4-5/h2-4H,1,10-11H2,(H,12,13). The van der Waals surface area contributed by atoms with Crippen molar-refractivity contribution in [2.75, 3.05) is 11.5 Å². The molecule has 0 aliphatic rings. The van der Waals surface area contributed by atoms with Crippen LogP contribution in [0.15, 0.2) is 18.7 Å². The largest absolute Gasteiger partial charge is 0.478 e. The molecule has 1 aromatic rings. The van der Waals surface area contributed by atoms with Gasteiger partial charge in [0.05, 0.1) is 0 Å². The monoisotopic (exact) mass is 178 g/mol. The molecule has 0 aromatic heterocycles. The van der Waals surface area contributed by atoms with Crippen LogP contribution in [-0.2, 0) is 0 Å². The van der Waals surface area contributed by atoms with Gasteiger partial charge in [0.2, 0.25) is 0 Å². The SMILES string of the molecule is C=Cc1cc(N)c(C(=O)O)c(N)c1. The van der Waals surface area contributed by atoms with Crippen molar-refractivity contribution in [3.63, 3.8) is 0 Å². The van der Waals surface area contributed by atoms with E-state index in [1.807, 2.05) is 0 Å². The summed E-state index contributed by atoms with van der Waals surface area (Å²) < 4.78 is 0. The zero-order valence-corrected chi connectivity index (χ0v) is 6.95. The highest BCUT2D eigenvalue weighted by Crippen LogP contribution is 2.22. The Labute approximate surface area is 75.5 Å². The number of nitrogens with two attached hydrogens (primary N) is 2. The zero-order chi connectivity index (χ0) is 10.0. The highest BCUT2D eigenvalue weighted by molar-refractivity contribution is 6.00. The molecule has 0 saturated heterocycles. The van der Waals surface area contributed by atoms with Gasteiger partial charge in [-0.25, -0.2) is 4.79 Å². The van der Waals surface area contributed by atoms with Crippen LogP contribution in [0, 0.1) is 0 Å². The molecule has 1 aromatic carbocycles. The number of aromatic carboxylic acids is 1. The van der Waals surface area contributed by atoms with Crippen LogP contribution < -0.4 is 11.5 Å². The first-order valence-electron chi connectivity index (χ1n) is 3.61. The van der Waals surface area contributed by atoms with Gasteiger partial charge in [-0.3, -0.25) is 0 Å². The molecule has 68 valence electrons. The fourth-order valence-corrected chi connectivity index (χ4v) is 1.08. The fraction of sp³-hybridized carbons (Fsp3) is 0. The molecule has 4 nitrogen and oxygen atoms in total. The van der Waals surface area contributed by atoms with Gasteiger partial charge in [-0.15, -0.1) is 0 Å². The van der Waals surface area contributed by atoms with Gasteiger partial charge in [-0.2, -0.15) is 0 Å². The number of rotatable bonds is 2. The summed E-state index contributed by atoms with van der Waals surface area (Å²) in [5.41, 5.74) is 11.9. The van der Waals surface area contributed by atoms with Crippen LogP contribution in [0.2, 0.25) is 0 Å². The second kappa shape index (κ2) is 3.18. The quantitative estimate of drug-likeness (QED) is 0.593. The van der Waals surface area contributed by atoms with Gasteiger partial charge >= 0.3 is 5.97 Å². The molecule has 0 heterocycles. The molecule has 4 heteroatoms.